The third-order valence-electron chi connectivity index (χ3n) is 2.17. The molecule has 0 fully saturated rings. The van der Waals surface area contributed by atoms with Crippen LogP contribution in [0.3, 0.4) is 0 Å². The van der Waals surface area contributed by atoms with Gasteiger partial charge in [-0.2, -0.15) is 0 Å². The molecule has 0 aliphatic rings. The van der Waals surface area contributed by atoms with Gasteiger partial charge >= 0.3 is 0 Å². The van der Waals surface area contributed by atoms with Crippen LogP contribution in [-0.2, 0) is 6.54 Å². The molecule has 0 bridgehead atoms. The minimum Gasteiger partial charge on any atom is -0.357 e. The molecule has 1 N–H and O–H groups in total. The van der Waals surface area contributed by atoms with Gasteiger partial charge in [-0.1, -0.05) is 0 Å². The number of guanidine groups is 1. The summed E-state index contributed by atoms with van der Waals surface area (Å²) < 4.78 is 26.3. The first-order chi connectivity index (χ1) is 8.04. The Bertz CT molecular complexity index is 408. The second-order valence-corrected chi connectivity index (χ2v) is 3.80. The average Bonchev–Trinajstić information content (AvgIpc) is 2.28. The third kappa shape index (κ3) is 5.16. The van der Waals surface area contributed by atoms with E-state index in [0.29, 0.717) is 5.96 Å². The molecular weight excluding hydrogens is 351 g/mol. The number of halogens is 3. The van der Waals surface area contributed by atoms with E-state index in [1.54, 1.807) is 4.90 Å². The number of benzene rings is 1. The zero-order valence-corrected chi connectivity index (χ0v) is 13.0. The van der Waals surface area contributed by atoms with Gasteiger partial charge in [0.25, 0.3) is 0 Å². The van der Waals surface area contributed by atoms with E-state index in [2.05, 4.69) is 10.3 Å². The van der Waals surface area contributed by atoms with Crippen LogP contribution in [0.25, 0.3) is 0 Å². The Labute approximate surface area is 123 Å². The van der Waals surface area contributed by atoms with Gasteiger partial charge in [0.1, 0.15) is 11.6 Å². The minimum absolute atomic E-state index is 0. The highest BCUT2D eigenvalue weighted by Gasteiger charge is 2.04. The van der Waals surface area contributed by atoms with Crippen LogP contribution in [0.1, 0.15) is 12.5 Å². The van der Waals surface area contributed by atoms with Crippen molar-refractivity contribution in [2.75, 3.05) is 20.6 Å². The molecule has 0 saturated carbocycles. The lowest BCUT2D eigenvalue weighted by Gasteiger charge is -2.16. The van der Waals surface area contributed by atoms with Gasteiger partial charge in [-0.3, -0.25) is 0 Å². The van der Waals surface area contributed by atoms with Gasteiger partial charge in [-0.05, 0) is 25.1 Å². The van der Waals surface area contributed by atoms with Crippen molar-refractivity contribution in [2.45, 2.75) is 13.5 Å². The number of rotatable bonds is 3. The molecule has 0 heterocycles. The van der Waals surface area contributed by atoms with Crippen molar-refractivity contribution in [1.82, 2.24) is 10.2 Å². The van der Waals surface area contributed by atoms with Gasteiger partial charge in [0.15, 0.2) is 5.96 Å². The lowest BCUT2D eigenvalue weighted by atomic mass is 10.2. The highest BCUT2D eigenvalue weighted by atomic mass is 127. The summed E-state index contributed by atoms with van der Waals surface area (Å²) in [6, 6.07) is 3.38. The molecule has 0 unspecified atom stereocenters. The summed E-state index contributed by atoms with van der Waals surface area (Å²) in [5.41, 5.74) is 0.252. The summed E-state index contributed by atoms with van der Waals surface area (Å²) >= 11 is 0. The van der Waals surface area contributed by atoms with Crippen molar-refractivity contribution in [2.24, 2.45) is 4.99 Å². The molecule has 0 aromatic heterocycles. The van der Waals surface area contributed by atoms with Gasteiger partial charge in [-0.25, -0.2) is 13.8 Å². The molecule has 3 nitrogen and oxygen atoms in total. The smallest absolute Gasteiger partial charge is 0.193 e. The van der Waals surface area contributed by atoms with E-state index in [9.17, 15) is 8.78 Å². The monoisotopic (exact) mass is 369 g/mol. The summed E-state index contributed by atoms with van der Waals surface area (Å²) in [6.07, 6.45) is 0. The molecule has 18 heavy (non-hydrogen) atoms. The predicted molar refractivity (Wildman–Crippen MR) is 80.3 cm³/mol. The maximum Gasteiger partial charge on any atom is 0.193 e. The van der Waals surface area contributed by atoms with E-state index >= 15 is 0 Å². The quantitative estimate of drug-likeness (QED) is 0.504. The average molecular weight is 369 g/mol. The van der Waals surface area contributed by atoms with Crippen LogP contribution in [0.4, 0.5) is 8.78 Å². The first-order valence-corrected chi connectivity index (χ1v) is 5.44. The Morgan fingerprint density at radius 1 is 1.33 bits per heavy atom. The molecular formula is C12H18F2IN3. The second kappa shape index (κ2) is 8.23. The van der Waals surface area contributed by atoms with Gasteiger partial charge in [0.05, 0.1) is 6.54 Å². The normalized spacial score (nSPS) is 10.8. The number of aliphatic imine (C=N–C) groups is 1. The molecule has 102 valence electrons. The SMILES string of the molecule is CCNC(=NCc1cc(F)ccc1F)N(C)C.I. The second-order valence-electron chi connectivity index (χ2n) is 3.80. The van der Waals surface area contributed by atoms with Gasteiger partial charge in [0.2, 0.25) is 0 Å². The van der Waals surface area contributed by atoms with Crippen LogP contribution in [0.15, 0.2) is 23.2 Å². The van der Waals surface area contributed by atoms with E-state index in [0.717, 1.165) is 24.7 Å². The van der Waals surface area contributed by atoms with Crippen LogP contribution < -0.4 is 5.32 Å². The van der Waals surface area contributed by atoms with Gasteiger partial charge in [0, 0.05) is 26.2 Å². The van der Waals surface area contributed by atoms with Crippen molar-refractivity contribution in [1.29, 1.82) is 0 Å². The zero-order valence-electron chi connectivity index (χ0n) is 10.7. The van der Waals surface area contributed by atoms with Crippen LogP contribution in [0.5, 0.6) is 0 Å². The molecule has 1 aromatic rings. The molecule has 0 atom stereocenters. The summed E-state index contributed by atoms with van der Waals surface area (Å²) in [6.45, 7) is 2.79. The van der Waals surface area contributed by atoms with Gasteiger partial charge < -0.3 is 10.2 Å². The molecule has 0 saturated heterocycles. The number of hydrogen-bond acceptors (Lipinski definition) is 1. The molecule has 0 amide bonds. The van der Waals surface area contributed by atoms with Crippen LogP contribution in [0.2, 0.25) is 0 Å². The maximum absolute atomic E-state index is 13.3. The molecule has 0 aliphatic heterocycles. The van der Waals surface area contributed by atoms with E-state index in [4.69, 9.17) is 0 Å². The Morgan fingerprint density at radius 2 is 2.00 bits per heavy atom. The van der Waals surface area contributed by atoms with Crippen molar-refractivity contribution in [3.05, 3.63) is 35.4 Å². The summed E-state index contributed by atoms with van der Waals surface area (Å²) in [5, 5.41) is 3.05. The largest absolute Gasteiger partial charge is 0.357 e. The fourth-order valence-electron chi connectivity index (χ4n) is 1.34. The Hall–Kier alpha value is -0.920. The number of nitrogens with one attached hydrogen (secondary N) is 1. The van der Waals surface area contributed by atoms with Crippen molar-refractivity contribution in [3.8, 4) is 0 Å². The molecule has 6 heteroatoms. The Morgan fingerprint density at radius 3 is 2.56 bits per heavy atom. The molecule has 1 rings (SSSR count). The summed E-state index contributed by atoms with van der Waals surface area (Å²) in [7, 11) is 3.67. The molecule has 1 aromatic carbocycles. The highest BCUT2D eigenvalue weighted by molar-refractivity contribution is 14.0. The van der Waals surface area contributed by atoms with Crippen molar-refractivity contribution >= 4 is 29.9 Å². The fourth-order valence-corrected chi connectivity index (χ4v) is 1.34. The topological polar surface area (TPSA) is 27.6 Å². The zero-order chi connectivity index (χ0) is 12.8. The van der Waals surface area contributed by atoms with E-state index < -0.39 is 11.6 Å². The first-order valence-electron chi connectivity index (χ1n) is 5.44. The number of nitrogens with zero attached hydrogens (tertiary/aromatic N) is 2. The minimum atomic E-state index is -0.452. The van der Waals surface area contributed by atoms with Crippen LogP contribution in [-0.4, -0.2) is 31.5 Å². The fraction of sp³-hybridized carbons (Fsp3) is 0.417. The van der Waals surface area contributed by atoms with Crippen LogP contribution >= 0.6 is 24.0 Å². The van der Waals surface area contributed by atoms with Crippen LogP contribution in [0, 0.1) is 11.6 Å². The molecule has 0 aliphatic carbocycles. The Kier molecular flexibility index (Phi) is 7.81. The number of hydrogen-bond donors (Lipinski definition) is 1. The summed E-state index contributed by atoms with van der Waals surface area (Å²) in [5.74, 6) is -0.243. The van der Waals surface area contributed by atoms with E-state index in [1.807, 2.05) is 21.0 Å². The van der Waals surface area contributed by atoms with Crippen molar-refractivity contribution in [3.63, 3.8) is 0 Å². The lowest BCUT2D eigenvalue weighted by molar-refractivity contribution is 0.572. The van der Waals surface area contributed by atoms with E-state index in [1.165, 1.54) is 0 Å². The predicted octanol–water partition coefficient (Wildman–Crippen LogP) is 2.61. The van der Waals surface area contributed by atoms with Crippen molar-refractivity contribution < 1.29 is 8.78 Å². The molecule has 0 spiro atoms. The lowest BCUT2D eigenvalue weighted by Crippen LogP contribution is -2.36. The van der Waals surface area contributed by atoms with E-state index in [-0.39, 0.29) is 36.1 Å². The molecule has 0 radical (unpaired) electrons. The standard InChI is InChI=1S/C12H17F2N3.HI/c1-4-15-12(17(2)3)16-8-9-7-10(13)5-6-11(9)14;/h5-7H,4,8H2,1-3H3,(H,15,16);1H. The summed E-state index contributed by atoms with van der Waals surface area (Å²) in [4.78, 5) is 6.00. The van der Waals surface area contributed by atoms with Gasteiger partial charge in [-0.15, -0.1) is 24.0 Å². The first kappa shape index (κ1) is 17.1. The third-order valence-corrected chi connectivity index (χ3v) is 2.17. The highest BCUT2D eigenvalue weighted by Crippen LogP contribution is 2.10. The Balaban J connectivity index is 0.00000289. The maximum atomic E-state index is 13.3.